The Labute approximate surface area is 121 Å². The maximum absolute atomic E-state index is 13.4. The minimum absolute atomic E-state index is 0.0364. The van der Waals surface area contributed by atoms with Crippen molar-refractivity contribution in [1.82, 2.24) is 9.55 Å². The molecule has 0 saturated heterocycles. The Balaban J connectivity index is 1.92. The quantitative estimate of drug-likeness (QED) is 0.594. The molecule has 21 heavy (non-hydrogen) atoms. The van der Waals surface area contributed by atoms with Crippen LogP contribution < -0.4 is 5.73 Å². The van der Waals surface area contributed by atoms with Gasteiger partial charge < -0.3 is 10.3 Å². The molecule has 0 unspecified atom stereocenters. The van der Waals surface area contributed by atoms with Gasteiger partial charge in [-0.05, 0) is 30.3 Å². The molecule has 3 rings (SSSR count). The highest BCUT2D eigenvalue weighted by Gasteiger charge is 2.14. The largest absolute Gasteiger partial charge is 0.396 e. The number of Topliss-reactive ketones (excluding diaryl/α,β-unsaturated/α-hetero) is 1. The number of nitrogens with zero attached hydrogens (tertiary/aromatic N) is 2. The third-order valence-corrected chi connectivity index (χ3v) is 3.52. The molecule has 0 radical (unpaired) electrons. The van der Waals surface area contributed by atoms with E-state index in [4.69, 9.17) is 5.73 Å². The van der Waals surface area contributed by atoms with Crippen LogP contribution in [0.1, 0.15) is 16.2 Å². The van der Waals surface area contributed by atoms with E-state index in [0.717, 1.165) is 11.0 Å². The summed E-state index contributed by atoms with van der Waals surface area (Å²) < 4.78 is 15.3. The molecule has 0 bridgehead atoms. The molecule has 2 aromatic carbocycles. The minimum atomic E-state index is -0.578. The van der Waals surface area contributed by atoms with Crippen molar-refractivity contribution in [2.45, 2.75) is 6.42 Å². The third kappa shape index (κ3) is 2.38. The van der Waals surface area contributed by atoms with Gasteiger partial charge in [-0.25, -0.2) is 9.37 Å². The van der Waals surface area contributed by atoms with Gasteiger partial charge in [0, 0.05) is 12.6 Å². The fourth-order valence-electron chi connectivity index (χ4n) is 2.30. The molecule has 1 heterocycles. The van der Waals surface area contributed by atoms with Crippen LogP contribution in [0, 0.1) is 5.82 Å². The third-order valence-electron chi connectivity index (χ3n) is 3.52. The van der Waals surface area contributed by atoms with Crippen molar-refractivity contribution in [3.8, 4) is 0 Å². The molecule has 4 nitrogen and oxygen atoms in total. The second-order valence-corrected chi connectivity index (χ2v) is 4.91. The molecule has 0 aliphatic rings. The fraction of sp³-hybridized carbons (Fsp3) is 0.125. The zero-order valence-corrected chi connectivity index (χ0v) is 11.5. The van der Waals surface area contributed by atoms with Gasteiger partial charge in [0.15, 0.2) is 5.78 Å². The van der Waals surface area contributed by atoms with Gasteiger partial charge in [-0.2, -0.15) is 0 Å². The lowest BCUT2D eigenvalue weighted by atomic mass is 10.1. The van der Waals surface area contributed by atoms with Gasteiger partial charge in [0.25, 0.3) is 0 Å². The molecule has 0 amide bonds. The van der Waals surface area contributed by atoms with Crippen LogP contribution in [0.5, 0.6) is 0 Å². The van der Waals surface area contributed by atoms with Gasteiger partial charge >= 0.3 is 0 Å². The number of ketones is 1. The van der Waals surface area contributed by atoms with Crippen LogP contribution in [0.25, 0.3) is 11.0 Å². The topological polar surface area (TPSA) is 60.9 Å². The van der Waals surface area contributed by atoms with E-state index >= 15 is 0 Å². The molecule has 3 aromatic rings. The molecular weight excluding hydrogens is 269 g/mol. The number of nitrogens with two attached hydrogens (primary N) is 1. The number of aryl methyl sites for hydroxylation is 1. The summed E-state index contributed by atoms with van der Waals surface area (Å²) in [5.74, 6) is -0.114. The van der Waals surface area contributed by atoms with Crippen LogP contribution in [0.15, 0.2) is 42.5 Å². The van der Waals surface area contributed by atoms with Crippen molar-refractivity contribution in [1.29, 1.82) is 0 Å². The number of hydrogen-bond acceptors (Lipinski definition) is 3. The standard InChI is InChI=1S/C16H14FN3O/c1-20-14-5-3-2-4-13(14)19-16(20)9-15(21)10-6-7-12(18)11(17)8-10/h2-8H,9,18H2,1H3. The number of imidazole rings is 1. The van der Waals surface area contributed by atoms with Crippen LogP contribution >= 0.6 is 0 Å². The van der Waals surface area contributed by atoms with Crippen molar-refractivity contribution in [2.75, 3.05) is 5.73 Å². The van der Waals surface area contributed by atoms with E-state index in [1.807, 2.05) is 35.9 Å². The second kappa shape index (κ2) is 5.01. The number of aromatic nitrogens is 2. The van der Waals surface area contributed by atoms with E-state index in [2.05, 4.69) is 4.98 Å². The van der Waals surface area contributed by atoms with Crippen LogP contribution in [0.3, 0.4) is 0 Å². The van der Waals surface area contributed by atoms with Crippen molar-refractivity contribution >= 4 is 22.5 Å². The second-order valence-electron chi connectivity index (χ2n) is 4.91. The number of para-hydroxylation sites is 2. The van der Waals surface area contributed by atoms with Gasteiger partial charge in [0.1, 0.15) is 11.6 Å². The van der Waals surface area contributed by atoms with E-state index in [9.17, 15) is 9.18 Å². The summed E-state index contributed by atoms with van der Waals surface area (Å²) >= 11 is 0. The summed E-state index contributed by atoms with van der Waals surface area (Å²) in [5.41, 5.74) is 7.55. The summed E-state index contributed by atoms with van der Waals surface area (Å²) in [7, 11) is 1.86. The maximum Gasteiger partial charge on any atom is 0.170 e. The van der Waals surface area contributed by atoms with Crippen LogP contribution in [-0.2, 0) is 13.5 Å². The van der Waals surface area contributed by atoms with E-state index in [1.165, 1.54) is 18.2 Å². The number of hydrogen-bond donors (Lipinski definition) is 1. The Bertz CT molecular complexity index is 839. The molecule has 0 aliphatic heterocycles. The highest BCUT2D eigenvalue weighted by atomic mass is 19.1. The van der Waals surface area contributed by atoms with Crippen LogP contribution in [0.2, 0.25) is 0 Å². The molecule has 2 N–H and O–H groups in total. The summed E-state index contributed by atoms with van der Waals surface area (Å²) in [6.07, 6.45) is 0.120. The first-order valence-electron chi connectivity index (χ1n) is 6.55. The highest BCUT2D eigenvalue weighted by molar-refractivity contribution is 5.97. The lowest BCUT2D eigenvalue weighted by molar-refractivity contribution is 0.0989. The molecule has 0 fully saturated rings. The number of fused-ring (bicyclic) bond motifs is 1. The number of anilines is 1. The molecule has 0 aliphatic carbocycles. The van der Waals surface area contributed by atoms with Gasteiger partial charge in [0.2, 0.25) is 0 Å². The smallest absolute Gasteiger partial charge is 0.170 e. The minimum Gasteiger partial charge on any atom is -0.396 e. The molecule has 0 saturated carbocycles. The van der Waals surface area contributed by atoms with Crippen molar-refractivity contribution < 1.29 is 9.18 Å². The molecule has 0 spiro atoms. The molecular formula is C16H14FN3O. The van der Waals surface area contributed by atoms with Crippen LogP contribution in [-0.4, -0.2) is 15.3 Å². The molecule has 5 heteroatoms. The van der Waals surface area contributed by atoms with E-state index in [0.29, 0.717) is 11.4 Å². The number of halogens is 1. The number of rotatable bonds is 3. The SMILES string of the molecule is Cn1c(CC(=O)c2ccc(N)c(F)c2)nc2ccccc21. The Morgan fingerprint density at radius 2 is 2.05 bits per heavy atom. The van der Waals surface area contributed by atoms with E-state index in [-0.39, 0.29) is 17.9 Å². The average molecular weight is 283 g/mol. The number of nitrogen functional groups attached to an aromatic ring is 1. The monoisotopic (exact) mass is 283 g/mol. The molecule has 106 valence electrons. The molecule has 1 aromatic heterocycles. The number of carbonyl (C=O) groups is 1. The van der Waals surface area contributed by atoms with Crippen LogP contribution in [0.4, 0.5) is 10.1 Å². The van der Waals surface area contributed by atoms with Crippen molar-refractivity contribution in [3.05, 3.63) is 59.7 Å². The Morgan fingerprint density at radius 3 is 2.76 bits per heavy atom. The number of benzene rings is 2. The number of carbonyl (C=O) groups excluding carboxylic acids is 1. The Hall–Kier alpha value is -2.69. The molecule has 0 atom stereocenters. The summed E-state index contributed by atoms with van der Waals surface area (Å²) in [5, 5.41) is 0. The van der Waals surface area contributed by atoms with Crippen molar-refractivity contribution in [3.63, 3.8) is 0 Å². The first kappa shape index (κ1) is 13.3. The zero-order valence-electron chi connectivity index (χ0n) is 11.5. The predicted molar refractivity (Wildman–Crippen MR) is 79.6 cm³/mol. The van der Waals surface area contributed by atoms with Gasteiger partial charge in [-0.3, -0.25) is 4.79 Å². The maximum atomic E-state index is 13.4. The summed E-state index contributed by atoms with van der Waals surface area (Å²) in [4.78, 5) is 16.7. The summed E-state index contributed by atoms with van der Waals surface area (Å²) in [6, 6.07) is 11.8. The Morgan fingerprint density at radius 1 is 1.29 bits per heavy atom. The van der Waals surface area contributed by atoms with E-state index in [1.54, 1.807) is 0 Å². The predicted octanol–water partition coefficient (Wildman–Crippen LogP) is 2.72. The lowest BCUT2D eigenvalue weighted by Crippen LogP contribution is -2.09. The van der Waals surface area contributed by atoms with Gasteiger partial charge in [-0.1, -0.05) is 12.1 Å². The average Bonchev–Trinajstić information content (AvgIpc) is 2.79. The first-order chi connectivity index (χ1) is 10.1. The van der Waals surface area contributed by atoms with Gasteiger partial charge in [-0.15, -0.1) is 0 Å². The fourth-order valence-corrected chi connectivity index (χ4v) is 2.30. The normalized spacial score (nSPS) is 11.0. The van der Waals surface area contributed by atoms with Gasteiger partial charge in [0.05, 0.1) is 23.1 Å². The van der Waals surface area contributed by atoms with E-state index < -0.39 is 5.82 Å². The Kier molecular flexibility index (Phi) is 3.17. The first-order valence-corrected chi connectivity index (χ1v) is 6.55. The lowest BCUT2D eigenvalue weighted by Gasteiger charge is -2.04. The highest BCUT2D eigenvalue weighted by Crippen LogP contribution is 2.17. The zero-order chi connectivity index (χ0) is 15.0. The van der Waals surface area contributed by atoms with Crippen molar-refractivity contribution in [2.24, 2.45) is 7.05 Å². The summed E-state index contributed by atoms with van der Waals surface area (Å²) in [6.45, 7) is 0.